The Kier molecular flexibility index (Phi) is 8.31. The summed E-state index contributed by atoms with van der Waals surface area (Å²) >= 11 is 0. The van der Waals surface area contributed by atoms with E-state index in [0.717, 1.165) is 24.8 Å². The summed E-state index contributed by atoms with van der Waals surface area (Å²) in [5.41, 5.74) is 2.09. The number of benzene rings is 1. The molecule has 0 radical (unpaired) electrons. The number of hydrogen-bond donors (Lipinski definition) is 1. The fraction of sp³-hybridized carbons (Fsp3) is 0.520. The van der Waals surface area contributed by atoms with E-state index in [4.69, 9.17) is 14.2 Å². The normalized spacial score (nSPS) is 21.7. The molecule has 1 aromatic carbocycles. The highest BCUT2D eigenvalue weighted by Gasteiger charge is 2.32. The van der Waals surface area contributed by atoms with E-state index in [0.29, 0.717) is 6.42 Å². The van der Waals surface area contributed by atoms with E-state index in [-0.39, 0.29) is 28.4 Å². The number of carbonyl (C=O) groups is 2. The molecule has 0 aliphatic heterocycles. The first kappa shape index (κ1) is 24.5. The average Bonchev–Trinajstić information content (AvgIpc) is 2.70. The highest BCUT2D eigenvalue weighted by Crippen LogP contribution is 2.34. The fourth-order valence-electron chi connectivity index (χ4n) is 3.65. The Hall–Kier alpha value is -2.76. The highest BCUT2D eigenvalue weighted by molar-refractivity contribution is 5.90. The van der Waals surface area contributed by atoms with Gasteiger partial charge in [-0.05, 0) is 63.0 Å². The molecule has 31 heavy (non-hydrogen) atoms. The number of hydrogen-bond acceptors (Lipinski definition) is 6. The summed E-state index contributed by atoms with van der Waals surface area (Å²) in [4.78, 5) is 24.6. The summed E-state index contributed by atoms with van der Waals surface area (Å²) in [6.45, 7) is 9.56. The van der Waals surface area contributed by atoms with Crippen LogP contribution in [-0.2, 0) is 14.3 Å². The van der Waals surface area contributed by atoms with Crippen LogP contribution in [0, 0.1) is 5.41 Å². The zero-order valence-corrected chi connectivity index (χ0v) is 19.4. The molecule has 0 saturated carbocycles. The second-order valence-electron chi connectivity index (χ2n) is 8.85. The maximum absolute atomic E-state index is 12.8. The minimum absolute atomic E-state index is 0.0462. The van der Waals surface area contributed by atoms with Crippen LogP contribution in [-0.4, -0.2) is 36.4 Å². The molecule has 0 amide bonds. The van der Waals surface area contributed by atoms with Crippen molar-refractivity contribution in [3.8, 4) is 11.5 Å². The van der Waals surface area contributed by atoms with Crippen molar-refractivity contribution in [2.24, 2.45) is 5.41 Å². The molecule has 6 heteroatoms. The van der Waals surface area contributed by atoms with Gasteiger partial charge in [0.05, 0.1) is 12.7 Å². The molecule has 2 rings (SSSR count). The number of methoxy groups -OCH3 is 1. The van der Waals surface area contributed by atoms with E-state index in [2.05, 4.69) is 26.8 Å². The topological polar surface area (TPSA) is 82.1 Å². The molecule has 1 aliphatic carbocycles. The summed E-state index contributed by atoms with van der Waals surface area (Å²) in [5.74, 6) is -0.692. The fourth-order valence-corrected chi connectivity index (χ4v) is 3.65. The van der Waals surface area contributed by atoms with Crippen molar-refractivity contribution in [2.45, 2.75) is 72.5 Å². The highest BCUT2D eigenvalue weighted by atomic mass is 16.5. The summed E-state index contributed by atoms with van der Waals surface area (Å²) in [7, 11) is 1.42. The lowest BCUT2D eigenvalue weighted by atomic mass is 9.80. The number of ether oxygens (including phenoxy) is 3. The Bertz CT molecular complexity index is 865. The van der Waals surface area contributed by atoms with Crippen molar-refractivity contribution in [1.29, 1.82) is 0 Å². The summed E-state index contributed by atoms with van der Waals surface area (Å²) in [6, 6.07) is 4.35. The minimum atomic E-state index is -0.514. The Morgan fingerprint density at radius 1 is 1.16 bits per heavy atom. The molecule has 2 atom stereocenters. The molecule has 1 aromatic rings. The predicted molar refractivity (Wildman–Crippen MR) is 119 cm³/mol. The van der Waals surface area contributed by atoms with E-state index in [1.165, 1.54) is 37.8 Å². The Morgan fingerprint density at radius 2 is 1.87 bits per heavy atom. The van der Waals surface area contributed by atoms with Gasteiger partial charge < -0.3 is 19.3 Å². The van der Waals surface area contributed by atoms with Gasteiger partial charge in [0.1, 0.15) is 12.2 Å². The van der Waals surface area contributed by atoms with Crippen molar-refractivity contribution in [2.75, 3.05) is 7.11 Å². The molecule has 0 fully saturated rings. The van der Waals surface area contributed by atoms with E-state index in [9.17, 15) is 14.7 Å². The Labute approximate surface area is 184 Å². The predicted octanol–water partition coefficient (Wildman–Crippen LogP) is 5.35. The third kappa shape index (κ3) is 6.88. The van der Waals surface area contributed by atoms with E-state index < -0.39 is 18.2 Å². The van der Waals surface area contributed by atoms with E-state index >= 15 is 0 Å². The molecule has 0 aromatic heterocycles. The third-order valence-electron chi connectivity index (χ3n) is 5.72. The van der Waals surface area contributed by atoms with Gasteiger partial charge in [-0.15, -0.1) is 0 Å². The quantitative estimate of drug-likeness (QED) is 0.512. The number of phenols is 1. The maximum Gasteiger partial charge on any atom is 0.338 e. The van der Waals surface area contributed by atoms with Gasteiger partial charge in [0, 0.05) is 18.8 Å². The van der Waals surface area contributed by atoms with Crippen LogP contribution in [0.3, 0.4) is 0 Å². The molecule has 1 aliphatic rings. The van der Waals surface area contributed by atoms with Gasteiger partial charge in [-0.2, -0.15) is 0 Å². The maximum atomic E-state index is 12.8. The molecular formula is C25H34O6. The van der Waals surface area contributed by atoms with Crippen LogP contribution in [0.1, 0.15) is 70.7 Å². The summed E-state index contributed by atoms with van der Waals surface area (Å²) in [5, 5.41) is 9.78. The molecule has 0 saturated heterocycles. The van der Waals surface area contributed by atoms with Gasteiger partial charge in [0.2, 0.25) is 0 Å². The van der Waals surface area contributed by atoms with Gasteiger partial charge in [-0.1, -0.05) is 25.5 Å². The average molecular weight is 431 g/mol. The zero-order chi connectivity index (χ0) is 23.2. The molecule has 0 bridgehead atoms. The van der Waals surface area contributed by atoms with E-state index in [1.807, 2.05) is 13.0 Å². The van der Waals surface area contributed by atoms with Gasteiger partial charge >= 0.3 is 11.9 Å². The van der Waals surface area contributed by atoms with E-state index in [1.54, 1.807) is 0 Å². The lowest BCUT2D eigenvalue weighted by Crippen LogP contribution is -2.33. The van der Waals surface area contributed by atoms with Crippen LogP contribution in [0.15, 0.2) is 41.5 Å². The molecule has 6 nitrogen and oxygen atoms in total. The number of phenolic OH excluding ortho intramolecular Hbond substituents is 1. The van der Waals surface area contributed by atoms with Crippen LogP contribution < -0.4 is 4.74 Å². The van der Waals surface area contributed by atoms with Crippen molar-refractivity contribution >= 4 is 11.9 Å². The molecule has 0 spiro atoms. The van der Waals surface area contributed by atoms with Crippen LogP contribution in [0.2, 0.25) is 0 Å². The van der Waals surface area contributed by atoms with Crippen LogP contribution in [0.25, 0.3) is 0 Å². The second-order valence-corrected chi connectivity index (χ2v) is 8.85. The molecule has 1 N–H and O–H groups in total. The number of aromatic hydroxyl groups is 1. The molecule has 170 valence electrons. The van der Waals surface area contributed by atoms with Crippen molar-refractivity contribution in [1.82, 2.24) is 0 Å². The van der Waals surface area contributed by atoms with Crippen molar-refractivity contribution < 1.29 is 28.9 Å². The lowest BCUT2D eigenvalue weighted by Gasteiger charge is -2.32. The van der Waals surface area contributed by atoms with Gasteiger partial charge in [-0.25, -0.2) is 4.79 Å². The SMILES string of the molecule is COc1cc(C(=O)OC2CC=C(C)CCCC(C)(C)C(OC(C)=O)C=C2C)ccc1O. The molecular weight excluding hydrogens is 396 g/mol. The first-order valence-electron chi connectivity index (χ1n) is 10.6. The summed E-state index contributed by atoms with van der Waals surface area (Å²) in [6.07, 6.45) is 6.44. The smallest absolute Gasteiger partial charge is 0.338 e. The number of allylic oxidation sites excluding steroid dienone is 1. The molecule has 2 unspecified atom stereocenters. The first-order valence-corrected chi connectivity index (χ1v) is 10.6. The third-order valence-corrected chi connectivity index (χ3v) is 5.72. The van der Waals surface area contributed by atoms with Crippen LogP contribution in [0.4, 0.5) is 0 Å². The summed E-state index contributed by atoms with van der Waals surface area (Å²) < 4.78 is 16.6. The monoisotopic (exact) mass is 430 g/mol. The number of rotatable bonds is 4. The van der Waals surface area contributed by atoms with Crippen molar-refractivity contribution in [3.63, 3.8) is 0 Å². The largest absolute Gasteiger partial charge is 0.504 e. The Balaban J connectivity index is 2.36. The Morgan fingerprint density at radius 3 is 2.52 bits per heavy atom. The van der Waals surface area contributed by atoms with Crippen LogP contribution in [0.5, 0.6) is 11.5 Å². The van der Waals surface area contributed by atoms with Crippen molar-refractivity contribution in [3.05, 3.63) is 47.1 Å². The van der Waals surface area contributed by atoms with Gasteiger partial charge in [0.25, 0.3) is 0 Å². The zero-order valence-electron chi connectivity index (χ0n) is 19.4. The van der Waals surface area contributed by atoms with Gasteiger partial charge in [0.15, 0.2) is 11.5 Å². The number of carbonyl (C=O) groups excluding carboxylic acids is 2. The molecule has 0 heterocycles. The standard InChI is InChI=1S/C25H34O6/c1-16-8-7-13-25(4,5)23(30-18(3)26)14-17(2)21(12-9-16)31-24(28)19-10-11-20(27)22(15-19)29-6/h9-11,14-15,21,23,27H,7-8,12-13H2,1-6H3. The lowest BCUT2D eigenvalue weighted by molar-refractivity contribution is -0.149. The second kappa shape index (κ2) is 10.5. The minimum Gasteiger partial charge on any atom is -0.504 e. The first-order chi connectivity index (χ1) is 14.5. The van der Waals surface area contributed by atoms with Gasteiger partial charge in [-0.3, -0.25) is 4.79 Å². The number of esters is 2. The van der Waals surface area contributed by atoms with Crippen LogP contribution >= 0.6 is 0 Å².